The Morgan fingerprint density at radius 2 is 1.89 bits per heavy atom. The number of nitrogen functional groups attached to an aromatic ring is 1. The maximum absolute atomic E-state index is 5.93. The standard InChI is InChI=1S/C14H13N3OS/c1-8-3-5-10(6-4-8)13-16-14(18-17-13)11-7-9(2)19-12(11)15/h3-7H,15H2,1-2H3. The molecule has 2 aromatic heterocycles. The molecule has 4 nitrogen and oxygen atoms in total. The van der Waals surface area contributed by atoms with Crippen LogP contribution in [0.5, 0.6) is 0 Å². The summed E-state index contributed by atoms with van der Waals surface area (Å²) in [5.74, 6) is 1.05. The smallest absolute Gasteiger partial charge is 0.261 e. The first-order valence-electron chi connectivity index (χ1n) is 5.90. The molecule has 0 aliphatic heterocycles. The quantitative estimate of drug-likeness (QED) is 0.772. The summed E-state index contributed by atoms with van der Waals surface area (Å²) >= 11 is 1.52. The molecule has 0 atom stereocenters. The number of nitrogens with zero attached hydrogens (tertiary/aromatic N) is 2. The third-order valence-electron chi connectivity index (χ3n) is 2.85. The number of nitrogens with two attached hydrogens (primary N) is 1. The van der Waals surface area contributed by atoms with Crippen LogP contribution in [0.4, 0.5) is 5.00 Å². The number of anilines is 1. The second-order valence-electron chi connectivity index (χ2n) is 4.42. The Balaban J connectivity index is 1.99. The van der Waals surface area contributed by atoms with E-state index in [1.165, 1.54) is 16.9 Å². The zero-order valence-electron chi connectivity index (χ0n) is 10.7. The fourth-order valence-corrected chi connectivity index (χ4v) is 2.63. The molecule has 0 saturated carbocycles. The first kappa shape index (κ1) is 11.9. The van der Waals surface area contributed by atoms with E-state index >= 15 is 0 Å². The average molecular weight is 271 g/mol. The Labute approximate surface area is 114 Å². The van der Waals surface area contributed by atoms with Gasteiger partial charge in [-0.05, 0) is 19.9 Å². The highest BCUT2D eigenvalue weighted by molar-refractivity contribution is 7.16. The van der Waals surface area contributed by atoms with Gasteiger partial charge in [0.25, 0.3) is 5.89 Å². The number of aryl methyl sites for hydroxylation is 2. The topological polar surface area (TPSA) is 64.9 Å². The summed E-state index contributed by atoms with van der Waals surface area (Å²) in [4.78, 5) is 5.53. The Kier molecular flexibility index (Phi) is 2.83. The van der Waals surface area contributed by atoms with Gasteiger partial charge in [-0.2, -0.15) is 4.98 Å². The van der Waals surface area contributed by atoms with Gasteiger partial charge < -0.3 is 10.3 Å². The number of aromatic nitrogens is 2. The van der Waals surface area contributed by atoms with Crippen LogP contribution in [0.2, 0.25) is 0 Å². The number of benzene rings is 1. The molecule has 2 N–H and O–H groups in total. The Bertz CT molecular complexity index is 713. The molecule has 0 radical (unpaired) electrons. The molecule has 0 aliphatic carbocycles. The zero-order valence-corrected chi connectivity index (χ0v) is 11.5. The van der Waals surface area contributed by atoms with E-state index in [1.54, 1.807) is 0 Å². The SMILES string of the molecule is Cc1ccc(-c2noc(-c3cc(C)sc3N)n2)cc1. The minimum Gasteiger partial charge on any atom is -0.390 e. The van der Waals surface area contributed by atoms with Crippen LogP contribution in [0, 0.1) is 13.8 Å². The molecule has 0 bridgehead atoms. The fourth-order valence-electron chi connectivity index (χ4n) is 1.85. The number of hydrogen-bond acceptors (Lipinski definition) is 5. The molecule has 0 fully saturated rings. The third kappa shape index (κ3) is 2.24. The zero-order chi connectivity index (χ0) is 13.4. The summed E-state index contributed by atoms with van der Waals surface area (Å²) < 4.78 is 5.30. The van der Waals surface area contributed by atoms with E-state index in [0.29, 0.717) is 16.7 Å². The monoisotopic (exact) mass is 271 g/mol. The number of thiophene rings is 1. The summed E-state index contributed by atoms with van der Waals surface area (Å²) in [7, 11) is 0. The lowest BCUT2D eigenvalue weighted by Crippen LogP contribution is -1.84. The van der Waals surface area contributed by atoms with Gasteiger partial charge in [0.1, 0.15) is 0 Å². The van der Waals surface area contributed by atoms with Crippen molar-refractivity contribution < 1.29 is 4.52 Å². The Hall–Kier alpha value is -2.14. The average Bonchev–Trinajstić information content (AvgIpc) is 2.97. The van der Waals surface area contributed by atoms with Gasteiger partial charge in [0.05, 0.1) is 10.6 Å². The van der Waals surface area contributed by atoms with E-state index in [4.69, 9.17) is 10.3 Å². The highest BCUT2D eigenvalue weighted by Gasteiger charge is 2.14. The molecule has 5 heteroatoms. The summed E-state index contributed by atoms with van der Waals surface area (Å²) in [5.41, 5.74) is 8.88. The van der Waals surface area contributed by atoms with Crippen LogP contribution in [0.15, 0.2) is 34.9 Å². The van der Waals surface area contributed by atoms with Gasteiger partial charge in [-0.15, -0.1) is 11.3 Å². The highest BCUT2D eigenvalue weighted by Crippen LogP contribution is 2.33. The molecule has 0 saturated heterocycles. The molecule has 96 valence electrons. The maximum atomic E-state index is 5.93. The van der Waals surface area contributed by atoms with Crippen molar-refractivity contribution in [3.8, 4) is 22.8 Å². The lowest BCUT2D eigenvalue weighted by molar-refractivity contribution is 0.432. The van der Waals surface area contributed by atoms with Crippen molar-refractivity contribution in [1.82, 2.24) is 10.1 Å². The lowest BCUT2D eigenvalue weighted by Gasteiger charge is -1.94. The predicted molar refractivity (Wildman–Crippen MR) is 76.9 cm³/mol. The molecule has 2 heterocycles. The van der Waals surface area contributed by atoms with E-state index in [0.717, 1.165) is 16.0 Å². The van der Waals surface area contributed by atoms with Crippen molar-refractivity contribution in [3.05, 3.63) is 40.8 Å². The maximum Gasteiger partial charge on any atom is 0.261 e. The van der Waals surface area contributed by atoms with Crippen molar-refractivity contribution >= 4 is 16.3 Å². The van der Waals surface area contributed by atoms with Crippen LogP contribution in [0.25, 0.3) is 22.8 Å². The van der Waals surface area contributed by atoms with E-state index in [9.17, 15) is 0 Å². The van der Waals surface area contributed by atoms with Gasteiger partial charge >= 0.3 is 0 Å². The van der Waals surface area contributed by atoms with Crippen LogP contribution in [0.1, 0.15) is 10.4 Å². The van der Waals surface area contributed by atoms with Gasteiger partial charge in [0.15, 0.2) is 0 Å². The van der Waals surface area contributed by atoms with Crippen LogP contribution < -0.4 is 5.73 Å². The van der Waals surface area contributed by atoms with E-state index in [2.05, 4.69) is 10.1 Å². The first-order valence-corrected chi connectivity index (χ1v) is 6.72. The number of hydrogen-bond donors (Lipinski definition) is 1. The van der Waals surface area contributed by atoms with E-state index in [-0.39, 0.29) is 0 Å². The first-order chi connectivity index (χ1) is 9.13. The second-order valence-corrected chi connectivity index (χ2v) is 5.71. The molecule has 0 amide bonds. The van der Waals surface area contributed by atoms with Crippen molar-refractivity contribution in [2.24, 2.45) is 0 Å². The molecular formula is C14H13N3OS. The summed E-state index contributed by atoms with van der Waals surface area (Å²) in [6.45, 7) is 4.04. The highest BCUT2D eigenvalue weighted by atomic mass is 32.1. The largest absolute Gasteiger partial charge is 0.390 e. The minimum atomic E-state index is 0.470. The molecule has 0 unspecified atom stereocenters. The molecular weight excluding hydrogens is 258 g/mol. The molecule has 3 rings (SSSR count). The van der Waals surface area contributed by atoms with Crippen LogP contribution >= 0.6 is 11.3 Å². The van der Waals surface area contributed by atoms with Gasteiger partial charge in [0.2, 0.25) is 5.82 Å². The molecule has 1 aromatic carbocycles. The van der Waals surface area contributed by atoms with Crippen LogP contribution in [0.3, 0.4) is 0 Å². The summed E-state index contributed by atoms with van der Waals surface area (Å²) in [5, 5.41) is 4.71. The molecule has 19 heavy (non-hydrogen) atoms. The summed E-state index contributed by atoms with van der Waals surface area (Å²) in [6.07, 6.45) is 0. The van der Waals surface area contributed by atoms with Gasteiger partial charge in [-0.1, -0.05) is 35.0 Å². The number of rotatable bonds is 2. The lowest BCUT2D eigenvalue weighted by atomic mass is 10.1. The second kappa shape index (κ2) is 4.51. The fraction of sp³-hybridized carbons (Fsp3) is 0.143. The predicted octanol–water partition coefficient (Wildman–Crippen LogP) is 3.66. The van der Waals surface area contributed by atoms with Crippen molar-refractivity contribution in [2.75, 3.05) is 5.73 Å². The van der Waals surface area contributed by atoms with Crippen LogP contribution in [-0.2, 0) is 0 Å². The summed E-state index contributed by atoms with van der Waals surface area (Å²) in [6, 6.07) is 9.97. The third-order valence-corrected chi connectivity index (χ3v) is 3.73. The van der Waals surface area contributed by atoms with Gasteiger partial charge in [-0.3, -0.25) is 0 Å². The normalized spacial score (nSPS) is 10.8. The van der Waals surface area contributed by atoms with Gasteiger partial charge in [0, 0.05) is 10.4 Å². The van der Waals surface area contributed by atoms with Crippen LogP contribution in [-0.4, -0.2) is 10.1 Å². The van der Waals surface area contributed by atoms with Crippen molar-refractivity contribution in [1.29, 1.82) is 0 Å². The Morgan fingerprint density at radius 3 is 2.53 bits per heavy atom. The minimum absolute atomic E-state index is 0.470. The molecule has 0 spiro atoms. The Morgan fingerprint density at radius 1 is 1.16 bits per heavy atom. The molecule has 0 aliphatic rings. The van der Waals surface area contributed by atoms with Crippen molar-refractivity contribution in [3.63, 3.8) is 0 Å². The van der Waals surface area contributed by atoms with E-state index in [1.807, 2.05) is 44.2 Å². The van der Waals surface area contributed by atoms with E-state index < -0.39 is 0 Å². The molecule has 3 aromatic rings. The van der Waals surface area contributed by atoms with Gasteiger partial charge in [-0.25, -0.2) is 0 Å². The van der Waals surface area contributed by atoms with Crippen molar-refractivity contribution in [2.45, 2.75) is 13.8 Å².